The van der Waals surface area contributed by atoms with Crippen LogP contribution in [0.3, 0.4) is 0 Å². The van der Waals surface area contributed by atoms with Crippen LogP contribution in [0.1, 0.15) is 22.2 Å². The summed E-state index contributed by atoms with van der Waals surface area (Å²) in [5, 5.41) is 1.03. The fourth-order valence-corrected chi connectivity index (χ4v) is 2.74. The van der Waals surface area contributed by atoms with E-state index in [0.29, 0.717) is 16.5 Å². The van der Waals surface area contributed by atoms with Crippen molar-refractivity contribution in [1.82, 2.24) is 4.98 Å². The van der Waals surface area contributed by atoms with Crippen LogP contribution in [0.4, 0.5) is 0 Å². The number of benzene rings is 1. The molecule has 94 valence electrons. The normalized spacial score (nSPS) is 12.4. The largest absolute Gasteiger partial charge is 0.261 e. The molecule has 0 saturated carbocycles. The first kappa shape index (κ1) is 13.7. The van der Waals surface area contributed by atoms with Crippen LogP contribution in [0, 0.1) is 6.92 Å². The first-order valence-corrected chi connectivity index (χ1v) is 6.76. The molecule has 0 aliphatic carbocycles. The number of pyridine rings is 1. The third-order valence-corrected chi connectivity index (χ3v) is 3.77. The fourth-order valence-electron chi connectivity index (χ4n) is 1.79. The van der Waals surface area contributed by atoms with Gasteiger partial charge < -0.3 is 0 Å². The Balaban J connectivity index is 2.22. The van der Waals surface area contributed by atoms with Crippen molar-refractivity contribution in [3.63, 3.8) is 0 Å². The van der Waals surface area contributed by atoms with Crippen LogP contribution >= 0.6 is 34.8 Å². The molecule has 0 aliphatic rings. The van der Waals surface area contributed by atoms with Gasteiger partial charge in [0.15, 0.2) is 0 Å². The molecule has 0 radical (unpaired) electrons. The Morgan fingerprint density at radius 1 is 1.22 bits per heavy atom. The van der Waals surface area contributed by atoms with Crippen molar-refractivity contribution >= 4 is 34.8 Å². The molecule has 0 spiro atoms. The van der Waals surface area contributed by atoms with Crippen LogP contribution in [-0.2, 0) is 6.42 Å². The second kappa shape index (κ2) is 5.92. The van der Waals surface area contributed by atoms with Gasteiger partial charge in [0.1, 0.15) is 0 Å². The lowest BCUT2D eigenvalue weighted by Crippen LogP contribution is -2.00. The van der Waals surface area contributed by atoms with Crippen LogP contribution in [-0.4, -0.2) is 4.98 Å². The van der Waals surface area contributed by atoms with E-state index in [2.05, 4.69) is 4.98 Å². The lowest BCUT2D eigenvalue weighted by Gasteiger charge is -2.13. The maximum atomic E-state index is 6.42. The Morgan fingerprint density at radius 2 is 2.00 bits per heavy atom. The molecule has 2 rings (SSSR count). The number of aryl methyl sites for hydroxylation is 1. The van der Waals surface area contributed by atoms with Crippen molar-refractivity contribution in [2.75, 3.05) is 0 Å². The number of nitrogens with zero attached hydrogens (tertiary/aromatic N) is 1. The van der Waals surface area contributed by atoms with Crippen LogP contribution in [0.25, 0.3) is 0 Å². The minimum absolute atomic E-state index is 0.183. The third-order valence-electron chi connectivity index (χ3n) is 2.82. The molecule has 0 saturated heterocycles. The lowest BCUT2D eigenvalue weighted by molar-refractivity contribution is 0.897. The van der Waals surface area contributed by atoms with E-state index < -0.39 is 0 Å². The zero-order chi connectivity index (χ0) is 13.1. The van der Waals surface area contributed by atoms with Crippen LogP contribution in [0.5, 0.6) is 0 Å². The molecule has 1 aromatic heterocycles. The first-order valence-electron chi connectivity index (χ1n) is 5.57. The van der Waals surface area contributed by atoms with Gasteiger partial charge >= 0.3 is 0 Å². The SMILES string of the molecule is Cc1ncccc1CC(Cl)c1ccc(Cl)cc1Cl. The summed E-state index contributed by atoms with van der Waals surface area (Å²) in [6.07, 6.45) is 2.47. The predicted octanol–water partition coefficient (Wildman–Crippen LogP) is 5.22. The highest BCUT2D eigenvalue weighted by molar-refractivity contribution is 6.35. The molecule has 4 heteroatoms. The van der Waals surface area contributed by atoms with Gasteiger partial charge in [-0.3, -0.25) is 4.98 Å². The minimum Gasteiger partial charge on any atom is -0.261 e. The summed E-state index contributed by atoms with van der Waals surface area (Å²) in [7, 11) is 0. The van der Waals surface area contributed by atoms with Crippen molar-refractivity contribution in [2.45, 2.75) is 18.7 Å². The molecule has 1 nitrogen and oxygen atoms in total. The molecule has 2 aromatic rings. The standard InChI is InChI=1S/C14H12Cl3N/c1-9-10(3-2-6-18-9)7-13(16)12-5-4-11(15)8-14(12)17/h2-6,8,13H,7H2,1H3. The molecular weight excluding hydrogens is 289 g/mol. The summed E-state index contributed by atoms with van der Waals surface area (Å²) in [5.41, 5.74) is 3.02. The Bertz CT molecular complexity index is 554. The molecule has 1 atom stereocenters. The summed E-state index contributed by atoms with van der Waals surface area (Å²) in [6, 6.07) is 9.32. The Kier molecular flexibility index (Phi) is 4.50. The summed E-state index contributed by atoms with van der Waals surface area (Å²) in [5.74, 6) is 0. The number of aromatic nitrogens is 1. The van der Waals surface area contributed by atoms with Crippen molar-refractivity contribution in [1.29, 1.82) is 0 Å². The van der Waals surface area contributed by atoms with Gasteiger partial charge in [0.2, 0.25) is 0 Å². The Morgan fingerprint density at radius 3 is 2.67 bits per heavy atom. The van der Waals surface area contributed by atoms with Crippen molar-refractivity contribution < 1.29 is 0 Å². The minimum atomic E-state index is -0.183. The quantitative estimate of drug-likeness (QED) is 0.708. The monoisotopic (exact) mass is 299 g/mol. The highest BCUT2D eigenvalue weighted by Crippen LogP contribution is 2.32. The molecule has 0 aliphatic heterocycles. The number of hydrogen-bond donors (Lipinski definition) is 0. The number of halogens is 3. The second-order valence-corrected chi connectivity index (χ2v) is 5.46. The van der Waals surface area contributed by atoms with Crippen LogP contribution in [0.15, 0.2) is 36.5 Å². The fraction of sp³-hybridized carbons (Fsp3) is 0.214. The van der Waals surface area contributed by atoms with E-state index >= 15 is 0 Å². The van der Waals surface area contributed by atoms with E-state index in [1.165, 1.54) is 0 Å². The second-order valence-electron chi connectivity index (χ2n) is 4.09. The topological polar surface area (TPSA) is 12.9 Å². The van der Waals surface area contributed by atoms with Gasteiger partial charge in [-0.2, -0.15) is 0 Å². The Hall–Kier alpha value is -0.760. The van der Waals surface area contributed by atoms with Gasteiger partial charge in [-0.1, -0.05) is 35.3 Å². The molecule has 1 unspecified atom stereocenters. The molecule has 1 aromatic carbocycles. The highest BCUT2D eigenvalue weighted by atomic mass is 35.5. The summed E-state index contributed by atoms with van der Waals surface area (Å²) in [4.78, 5) is 4.25. The molecule has 1 heterocycles. The highest BCUT2D eigenvalue weighted by Gasteiger charge is 2.14. The number of rotatable bonds is 3. The lowest BCUT2D eigenvalue weighted by atomic mass is 10.0. The van der Waals surface area contributed by atoms with Crippen molar-refractivity contribution in [3.05, 3.63) is 63.4 Å². The van der Waals surface area contributed by atoms with Gasteiger partial charge in [0, 0.05) is 21.9 Å². The number of hydrogen-bond acceptors (Lipinski definition) is 1. The molecule has 18 heavy (non-hydrogen) atoms. The molecule has 0 N–H and O–H groups in total. The van der Waals surface area contributed by atoms with Crippen LogP contribution in [0.2, 0.25) is 10.0 Å². The van der Waals surface area contributed by atoms with Crippen molar-refractivity contribution in [3.8, 4) is 0 Å². The van der Waals surface area contributed by atoms with E-state index in [4.69, 9.17) is 34.8 Å². The van der Waals surface area contributed by atoms with E-state index in [0.717, 1.165) is 16.8 Å². The third kappa shape index (κ3) is 3.17. The smallest absolute Gasteiger partial charge is 0.0640 e. The molecular formula is C14H12Cl3N. The van der Waals surface area contributed by atoms with Gasteiger partial charge in [-0.15, -0.1) is 11.6 Å². The molecule has 0 fully saturated rings. The average Bonchev–Trinajstić information content (AvgIpc) is 2.32. The first-order chi connectivity index (χ1) is 8.58. The zero-order valence-corrected chi connectivity index (χ0v) is 12.1. The van der Waals surface area contributed by atoms with Gasteiger partial charge in [-0.05, 0) is 42.7 Å². The van der Waals surface area contributed by atoms with E-state index in [1.807, 2.05) is 25.1 Å². The van der Waals surface area contributed by atoms with Gasteiger partial charge in [-0.25, -0.2) is 0 Å². The van der Waals surface area contributed by atoms with E-state index in [9.17, 15) is 0 Å². The van der Waals surface area contributed by atoms with Gasteiger partial charge in [0.05, 0.1) is 5.38 Å². The molecule has 0 bridgehead atoms. The van der Waals surface area contributed by atoms with Crippen molar-refractivity contribution in [2.24, 2.45) is 0 Å². The number of alkyl halides is 1. The van der Waals surface area contributed by atoms with E-state index in [-0.39, 0.29) is 5.38 Å². The maximum absolute atomic E-state index is 6.42. The maximum Gasteiger partial charge on any atom is 0.0640 e. The average molecular weight is 301 g/mol. The summed E-state index contributed by atoms with van der Waals surface area (Å²) in [6.45, 7) is 1.97. The zero-order valence-electron chi connectivity index (χ0n) is 9.83. The summed E-state index contributed by atoms with van der Waals surface area (Å²) >= 11 is 18.4. The summed E-state index contributed by atoms with van der Waals surface area (Å²) < 4.78 is 0. The Labute approximate surface area is 122 Å². The van der Waals surface area contributed by atoms with E-state index in [1.54, 1.807) is 18.3 Å². The van der Waals surface area contributed by atoms with Gasteiger partial charge in [0.25, 0.3) is 0 Å². The van der Waals surface area contributed by atoms with Crippen LogP contribution < -0.4 is 0 Å². The molecule has 0 amide bonds. The predicted molar refractivity (Wildman–Crippen MR) is 77.7 cm³/mol.